The Morgan fingerprint density at radius 1 is 0.904 bits per heavy atom. The largest absolute Gasteiger partial charge is 0.493 e. The average Bonchev–Trinajstić information content (AvgIpc) is 3.59. The molecule has 3 fully saturated rings. The molecule has 1 heterocycles. The lowest BCUT2D eigenvalue weighted by atomic mass is 9.44. The maximum Gasteiger partial charge on any atom is 0.306 e. The molecule has 18 heteroatoms. The minimum Gasteiger partial charge on any atom is -0.493 e. The standard InChI is InChI=1S/C55H65NO16S/c1-28-38(71-43(62)21-20-42(61)56-35-18-16-32-22-37(65-7)46(66-8)47(67-9)44(32)33-17-19-39(73-10)36(59)23-34(33)35)25-55(64)51(68-26-31-14-12-11-13-15-31)49-53(6,40(60)24-41-54(49,27-69-41)72-30(3)58)50(63)48(70-29(2)57)45(28)52(55,4)5/h11-15,17,19,22-23,35,38,40-41,48-49,51,60,64H,16,18,20-21,24-27H2,1-10H3,(H,56,61)/t35-,38-,40-,41+,48+,49?,51-,53+,54-,55+/m0/s1. The number of benzene rings is 2. The second-order valence-corrected chi connectivity index (χ2v) is 21.2. The number of fused-ring (bicyclic) bond motifs is 8. The molecule has 3 N–H and O–H groups in total. The Kier molecular flexibility index (Phi) is 15.0. The summed E-state index contributed by atoms with van der Waals surface area (Å²) in [6.07, 6.45) is -5.29. The summed E-state index contributed by atoms with van der Waals surface area (Å²) in [5.74, 6) is -3.63. The van der Waals surface area contributed by atoms with Gasteiger partial charge in [-0.3, -0.25) is 28.8 Å². The molecule has 0 aromatic heterocycles. The van der Waals surface area contributed by atoms with E-state index >= 15 is 4.79 Å². The van der Waals surface area contributed by atoms with Gasteiger partial charge in [0.05, 0.1) is 69.5 Å². The Labute approximate surface area is 428 Å². The van der Waals surface area contributed by atoms with Gasteiger partial charge in [-0.05, 0) is 84.5 Å². The number of ketones is 1. The molecule has 17 nitrogen and oxygen atoms in total. The van der Waals surface area contributed by atoms with Crippen LogP contribution in [0, 0.1) is 16.7 Å². The molecule has 1 amide bonds. The molecule has 3 aromatic rings. The molecule has 3 aromatic carbocycles. The Hall–Kier alpha value is -5.79. The lowest BCUT2D eigenvalue weighted by Crippen LogP contribution is -2.81. The zero-order chi connectivity index (χ0) is 52.9. The van der Waals surface area contributed by atoms with Crippen molar-refractivity contribution in [3.8, 4) is 28.4 Å². The number of hydrogen-bond acceptors (Lipinski definition) is 17. The van der Waals surface area contributed by atoms with Crippen LogP contribution in [0.25, 0.3) is 11.1 Å². The summed E-state index contributed by atoms with van der Waals surface area (Å²) in [6.45, 7) is 8.63. The van der Waals surface area contributed by atoms with E-state index in [1.807, 2.05) is 42.5 Å². The molecular formula is C55H65NO16S. The quantitative estimate of drug-likeness (QED) is 0.0737. The van der Waals surface area contributed by atoms with E-state index in [0.717, 1.165) is 12.5 Å². The van der Waals surface area contributed by atoms with Crippen LogP contribution in [0.1, 0.15) is 96.4 Å². The van der Waals surface area contributed by atoms with Gasteiger partial charge in [-0.1, -0.05) is 50.2 Å². The number of rotatable bonds is 14. The number of nitrogens with one attached hydrogen (secondary N) is 1. The summed E-state index contributed by atoms with van der Waals surface area (Å²) < 4.78 is 48.5. The van der Waals surface area contributed by atoms with E-state index in [1.165, 1.54) is 53.0 Å². The maximum atomic E-state index is 15.6. The summed E-state index contributed by atoms with van der Waals surface area (Å²) in [4.78, 5) is 84.0. The highest BCUT2D eigenvalue weighted by Gasteiger charge is 2.77. The van der Waals surface area contributed by atoms with E-state index in [9.17, 15) is 34.2 Å². The second-order valence-electron chi connectivity index (χ2n) is 20.4. The van der Waals surface area contributed by atoms with Crippen molar-refractivity contribution in [1.82, 2.24) is 5.32 Å². The highest BCUT2D eigenvalue weighted by atomic mass is 32.2. The number of aliphatic hydroxyl groups excluding tert-OH is 1. The van der Waals surface area contributed by atoms with Crippen molar-refractivity contribution >= 4 is 41.4 Å². The number of aryl methyl sites for hydroxylation is 1. The van der Waals surface area contributed by atoms with Gasteiger partial charge in [0, 0.05) is 50.0 Å². The van der Waals surface area contributed by atoms with Crippen molar-refractivity contribution in [2.75, 3.05) is 34.2 Å². The minimum atomic E-state index is -2.11. The number of carbonyl (C=O) groups excluding carboxylic acids is 5. The van der Waals surface area contributed by atoms with Crippen LogP contribution >= 0.6 is 11.8 Å². The zero-order valence-corrected chi connectivity index (χ0v) is 43.7. The number of thioether (sulfide) groups is 1. The van der Waals surface area contributed by atoms with Crippen molar-refractivity contribution in [2.24, 2.45) is 16.7 Å². The van der Waals surface area contributed by atoms with Crippen LogP contribution in [0.15, 0.2) is 75.4 Å². The summed E-state index contributed by atoms with van der Waals surface area (Å²) in [7, 11) is 4.55. The molecule has 0 spiro atoms. The summed E-state index contributed by atoms with van der Waals surface area (Å²) in [5.41, 5.74) is -3.39. The van der Waals surface area contributed by atoms with E-state index in [-0.39, 0.29) is 43.5 Å². The molecule has 1 aliphatic heterocycles. The number of esters is 3. The molecule has 392 valence electrons. The molecule has 0 radical (unpaired) electrons. The Morgan fingerprint density at radius 2 is 1.62 bits per heavy atom. The van der Waals surface area contributed by atoms with Gasteiger partial charge in [0.2, 0.25) is 11.7 Å². The fourth-order valence-electron chi connectivity index (χ4n) is 12.4. The second kappa shape index (κ2) is 20.5. The Bertz CT molecular complexity index is 2800. The van der Waals surface area contributed by atoms with Gasteiger partial charge >= 0.3 is 17.9 Å². The average molecular weight is 1030 g/mol. The molecule has 2 saturated carbocycles. The van der Waals surface area contributed by atoms with Crippen molar-refractivity contribution in [1.29, 1.82) is 0 Å². The molecule has 10 atom stereocenters. The Morgan fingerprint density at radius 3 is 2.23 bits per heavy atom. The van der Waals surface area contributed by atoms with E-state index in [1.54, 1.807) is 33.1 Å². The number of amides is 1. The van der Waals surface area contributed by atoms with Gasteiger partial charge in [0.25, 0.3) is 0 Å². The van der Waals surface area contributed by atoms with Crippen molar-refractivity contribution in [2.45, 2.75) is 139 Å². The highest BCUT2D eigenvalue weighted by Crippen LogP contribution is 2.64. The topological polar surface area (TPSA) is 229 Å². The maximum absolute atomic E-state index is 15.6. The van der Waals surface area contributed by atoms with Crippen molar-refractivity contribution < 1.29 is 72.1 Å². The molecule has 1 unspecified atom stereocenters. The van der Waals surface area contributed by atoms with Gasteiger partial charge < -0.3 is 53.4 Å². The number of Topliss-reactive ketones (excluding diaryl/α,β-unsaturated/α-hetero) is 1. The number of aliphatic hydroxyl groups is 2. The first-order valence-corrected chi connectivity index (χ1v) is 25.7. The van der Waals surface area contributed by atoms with E-state index in [4.69, 9.17) is 37.9 Å². The summed E-state index contributed by atoms with van der Waals surface area (Å²) in [5, 5.41) is 29.0. The molecule has 8 rings (SSSR count). The number of hydrogen-bond donors (Lipinski definition) is 3. The fraction of sp³-hybridized carbons (Fsp3) is 0.527. The summed E-state index contributed by atoms with van der Waals surface area (Å²) >= 11 is 1.29. The first-order chi connectivity index (χ1) is 34.6. The van der Waals surface area contributed by atoms with E-state index < -0.39 is 101 Å². The number of carbonyl (C=O) groups is 5. The molecule has 5 aliphatic rings. The normalized spacial score (nSPS) is 29.7. The lowest BCUT2D eigenvalue weighted by Gasteiger charge is -2.67. The predicted octanol–water partition coefficient (Wildman–Crippen LogP) is 5.92. The molecule has 4 aliphatic carbocycles. The van der Waals surface area contributed by atoms with Crippen LogP contribution in [-0.4, -0.2) is 116 Å². The van der Waals surface area contributed by atoms with Gasteiger partial charge in [-0.15, -0.1) is 11.8 Å². The molecule has 1 saturated heterocycles. The highest BCUT2D eigenvalue weighted by molar-refractivity contribution is 7.98. The van der Waals surface area contributed by atoms with Crippen LogP contribution in [0.4, 0.5) is 0 Å². The minimum absolute atomic E-state index is 0.0893. The fourth-order valence-corrected chi connectivity index (χ4v) is 12.9. The third-order valence-electron chi connectivity index (χ3n) is 16.1. The third-order valence-corrected chi connectivity index (χ3v) is 16.9. The first-order valence-electron chi connectivity index (χ1n) is 24.4. The van der Waals surface area contributed by atoms with Crippen LogP contribution < -0.4 is 25.0 Å². The monoisotopic (exact) mass is 1030 g/mol. The zero-order valence-electron chi connectivity index (χ0n) is 42.9. The Balaban J connectivity index is 1.13. The first kappa shape index (κ1) is 53.5. The van der Waals surface area contributed by atoms with Gasteiger partial charge in [0.1, 0.15) is 17.8 Å². The van der Waals surface area contributed by atoms with Crippen molar-refractivity contribution in [3.63, 3.8) is 0 Å². The van der Waals surface area contributed by atoms with Crippen LogP contribution in [0.5, 0.6) is 17.2 Å². The molecule has 2 bridgehead atoms. The molecule has 73 heavy (non-hydrogen) atoms. The van der Waals surface area contributed by atoms with E-state index in [0.29, 0.717) is 62.8 Å². The lowest BCUT2D eigenvalue weighted by molar-refractivity contribution is -0.351. The van der Waals surface area contributed by atoms with Gasteiger partial charge in [-0.25, -0.2) is 0 Å². The van der Waals surface area contributed by atoms with Crippen molar-refractivity contribution in [3.05, 3.63) is 92.7 Å². The smallest absolute Gasteiger partial charge is 0.306 e. The molecular weight excluding hydrogens is 963 g/mol. The van der Waals surface area contributed by atoms with Crippen LogP contribution in [0.2, 0.25) is 0 Å². The summed E-state index contributed by atoms with van der Waals surface area (Å²) in [6, 6.07) is 15.4. The van der Waals surface area contributed by atoms with Crippen LogP contribution in [0.3, 0.4) is 0 Å². The number of ether oxygens (including phenoxy) is 8. The van der Waals surface area contributed by atoms with Gasteiger partial charge in [0.15, 0.2) is 34.4 Å². The van der Waals surface area contributed by atoms with Crippen LogP contribution in [-0.2, 0) is 60.7 Å². The predicted molar refractivity (Wildman–Crippen MR) is 266 cm³/mol. The third kappa shape index (κ3) is 9.10. The van der Waals surface area contributed by atoms with E-state index in [2.05, 4.69) is 5.32 Å². The number of methoxy groups -OCH3 is 3. The SMILES string of the molecule is COc1cc2c(c(OC)c1OC)-c1ccc(SC)c(=O)cc1[C@@H](NC(=O)CCC(=O)O[C@H]1C[C@@]3(O)[C@@H](OCc4ccccc4)C4[C@](C)(C(=O)[C@H](OC(C)=O)C(=C1C)C3(C)C)[C@@H](O)C[C@H]1OC[C@@]41OC(C)=O)CC2. The van der Waals surface area contributed by atoms with Gasteiger partial charge in [-0.2, -0.15) is 0 Å².